The molecule has 3 aliphatic rings. The molecule has 0 spiro atoms. The van der Waals surface area contributed by atoms with E-state index in [4.69, 9.17) is 21.3 Å². The number of fused-ring (bicyclic) bond motifs is 2. The molecule has 0 aliphatic carbocycles. The number of carboxylic acids is 1. The average molecular weight is 469 g/mol. The first-order valence-corrected chi connectivity index (χ1v) is 11.8. The molecular formula is C25H29ClN4O3. The minimum atomic E-state index is -0.710. The van der Waals surface area contributed by atoms with Crippen LogP contribution in [0.15, 0.2) is 47.5 Å². The SMILES string of the molecule is CN1CC[C@H](C(C(=O)O)[C@H]2CN(C3=Nc4cc(Cl)ccc4Oc4ccccc43)CCN2C)C1. The molecule has 0 amide bonds. The van der Waals surface area contributed by atoms with Gasteiger partial charge in [-0.15, -0.1) is 0 Å². The Balaban J connectivity index is 1.52. The van der Waals surface area contributed by atoms with Gasteiger partial charge in [-0.3, -0.25) is 9.69 Å². The van der Waals surface area contributed by atoms with E-state index in [1.165, 1.54) is 0 Å². The lowest BCUT2D eigenvalue weighted by molar-refractivity contribution is -0.147. The van der Waals surface area contributed by atoms with Crippen LogP contribution in [0.2, 0.25) is 5.02 Å². The molecule has 8 heteroatoms. The number of hydrogen-bond acceptors (Lipinski definition) is 6. The maximum Gasteiger partial charge on any atom is 0.308 e. The van der Waals surface area contributed by atoms with Crippen LogP contribution in [-0.2, 0) is 4.79 Å². The zero-order valence-electron chi connectivity index (χ0n) is 18.9. The van der Waals surface area contributed by atoms with Crippen LogP contribution in [0.4, 0.5) is 5.69 Å². The van der Waals surface area contributed by atoms with Crippen molar-refractivity contribution in [3.05, 3.63) is 53.1 Å². The van der Waals surface area contributed by atoms with Crippen molar-refractivity contribution in [2.45, 2.75) is 12.5 Å². The minimum Gasteiger partial charge on any atom is -0.481 e. The van der Waals surface area contributed by atoms with Crippen LogP contribution in [0.25, 0.3) is 0 Å². The molecule has 2 fully saturated rings. The van der Waals surface area contributed by atoms with Crippen LogP contribution >= 0.6 is 11.6 Å². The molecule has 0 saturated carbocycles. The summed E-state index contributed by atoms with van der Waals surface area (Å²) in [6, 6.07) is 13.2. The first kappa shape index (κ1) is 22.2. The summed E-state index contributed by atoms with van der Waals surface area (Å²) >= 11 is 6.26. The number of carboxylic acid groups (broad SMARTS) is 1. The lowest BCUT2D eigenvalue weighted by Gasteiger charge is -2.44. The number of halogens is 1. The molecule has 2 aromatic carbocycles. The highest BCUT2D eigenvalue weighted by Gasteiger charge is 2.43. The van der Waals surface area contributed by atoms with Crippen LogP contribution in [0.1, 0.15) is 12.0 Å². The van der Waals surface area contributed by atoms with Crippen molar-refractivity contribution >= 4 is 29.1 Å². The molecule has 2 aromatic rings. The van der Waals surface area contributed by atoms with Crippen molar-refractivity contribution in [2.75, 3.05) is 46.8 Å². The van der Waals surface area contributed by atoms with Crippen molar-refractivity contribution < 1.29 is 14.6 Å². The van der Waals surface area contributed by atoms with Gasteiger partial charge >= 0.3 is 5.97 Å². The Morgan fingerprint density at radius 3 is 2.70 bits per heavy atom. The van der Waals surface area contributed by atoms with Crippen LogP contribution in [0, 0.1) is 11.8 Å². The summed E-state index contributed by atoms with van der Waals surface area (Å²) in [4.78, 5) is 24.1. The van der Waals surface area contributed by atoms with Gasteiger partial charge in [-0.25, -0.2) is 4.99 Å². The third-order valence-electron chi connectivity index (χ3n) is 7.13. The largest absolute Gasteiger partial charge is 0.481 e. The monoisotopic (exact) mass is 468 g/mol. The van der Waals surface area contributed by atoms with Crippen LogP contribution in [-0.4, -0.2) is 84.5 Å². The van der Waals surface area contributed by atoms with Gasteiger partial charge in [0.15, 0.2) is 5.75 Å². The average Bonchev–Trinajstić information content (AvgIpc) is 3.13. The van der Waals surface area contributed by atoms with Gasteiger partial charge in [0.25, 0.3) is 0 Å². The summed E-state index contributed by atoms with van der Waals surface area (Å²) in [5.74, 6) is 1.20. The number of likely N-dealkylation sites (N-methyl/N-ethyl adjacent to an activating group) is 1. The van der Waals surface area contributed by atoms with Crippen molar-refractivity contribution in [3.8, 4) is 11.5 Å². The zero-order chi connectivity index (χ0) is 23.1. The highest BCUT2D eigenvalue weighted by atomic mass is 35.5. The van der Waals surface area contributed by atoms with Crippen molar-refractivity contribution in [1.82, 2.24) is 14.7 Å². The summed E-state index contributed by atoms with van der Waals surface area (Å²) in [5, 5.41) is 10.8. The normalized spacial score (nSPS) is 24.3. The molecule has 5 rings (SSSR count). The van der Waals surface area contributed by atoms with E-state index in [0.29, 0.717) is 23.0 Å². The number of amidine groups is 1. The Morgan fingerprint density at radius 1 is 1.12 bits per heavy atom. The van der Waals surface area contributed by atoms with Crippen molar-refractivity contribution in [2.24, 2.45) is 16.8 Å². The second-order valence-corrected chi connectivity index (χ2v) is 9.75. The third-order valence-corrected chi connectivity index (χ3v) is 7.36. The Morgan fingerprint density at radius 2 is 1.94 bits per heavy atom. The molecule has 1 N–H and O–H groups in total. The van der Waals surface area contributed by atoms with E-state index >= 15 is 0 Å². The number of likely N-dealkylation sites (tertiary alicyclic amines) is 1. The number of hydrogen-bond donors (Lipinski definition) is 1. The number of aliphatic carboxylic acids is 1. The van der Waals surface area contributed by atoms with Crippen LogP contribution in [0.5, 0.6) is 11.5 Å². The Bertz CT molecular complexity index is 1090. The Labute approximate surface area is 199 Å². The van der Waals surface area contributed by atoms with E-state index in [9.17, 15) is 9.90 Å². The second kappa shape index (κ2) is 8.97. The molecule has 0 radical (unpaired) electrons. The molecule has 3 aliphatic heterocycles. The summed E-state index contributed by atoms with van der Waals surface area (Å²) < 4.78 is 6.20. The maximum absolute atomic E-state index is 12.4. The van der Waals surface area contributed by atoms with Gasteiger partial charge in [0, 0.05) is 37.2 Å². The van der Waals surface area contributed by atoms with E-state index in [1.54, 1.807) is 6.07 Å². The van der Waals surface area contributed by atoms with Crippen LogP contribution < -0.4 is 4.74 Å². The number of benzene rings is 2. The lowest BCUT2D eigenvalue weighted by atomic mass is 9.83. The minimum absolute atomic E-state index is 0.106. The van der Waals surface area contributed by atoms with Gasteiger partial charge in [0.2, 0.25) is 0 Å². The van der Waals surface area contributed by atoms with Gasteiger partial charge in [0.1, 0.15) is 17.3 Å². The molecule has 3 atom stereocenters. The molecule has 3 heterocycles. The highest BCUT2D eigenvalue weighted by Crippen LogP contribution is 2.40. The van der Waals surface area contributed by atoms with E-state index in [0.717, 1.165) is 49.7 Å². The lowest BCUT2D eigenvalue weighted by Crippen LogP contribution is -2.58. The number of para-hydroxylation sites is 1. The number of aliphatic imine (C=N–C) groups is 1. The van der Waals surface area contributed by atoms with E-state index in [1.807, 2.05) is 43.4 Å². The van der Waals surface area contributed by atoms with Gasteiger partial charge < -0.3 is 19.6 Å². The molecule has 1 unspecified atom stereocenters. The number of piperazine rings is 1. The first-order valence-electron chi connectivity index (χ1n) is 11.4. The van der Waals surface area contributed by atoms with Crippen molar-refractivity contribution in [3.63, 3.8) is 0 Å². The number of ether oxygens (including phenoxy) is 1. The Kier molecular flexibility index (Phi) is 6.03. The fourth-order valence-corrected chi connectivity index (χ4v) is 5.53. The molecule has 174 valence electrons. The molecule has 2 saturated heterocycles. The van der Waals surface area contributed by atoms with E-state index < -0.39 is 11.9 Å². The molecular weight excluding hydrogens is 440 g/mol. The third kappa shape index (κ3) is 4.33. The predicted octanol–water partition coefficient (Wildman–Crippen LogP) is 3.79. The summed E-state index contributed by atoms with van der Waals surface area (Å²) in [6.45, 7) is 3.89. The highest BCUT2D eigenvalue weighted by molar-refractivity contribution is 6.31. The zero-order valence-corrected chi connectivity index (χ0v) is 19.7. The number of rotatable bonds is 3. The maximum atomic E-state index is 12.4. The molecule has 0 aromatic heterocycles. The van der Waals surface area contributed by atoms with Gasteiger partial charge in [-0.1, -0.05) is 23.7 Å². The quantitative estimate of drug-likeness (QED) is 0.739. The standard InChI is InChI=1S/C25H29ClN4O3/c1-28-10-9-16(14-28)23(25(31)32)20-15-30(12-11-29(20)2)24-18-5-3-4-6-21(18)33-22-8-7-17(26)13-19(22)27-24/h3-8,13,16,20,23H,9-12,14-15H2,1-2H3,(H,31,32)/t16-,20+,23?/m0/s1. The fourth-order valence-electron chi connectivity index (χ4n) is 5.36. The second-order valence-electron chi connectivity index (χ2n) is 9.31. The summed E-state index contributed by atoms with van der Waals surface area (Å²) in [7, 11) is 4.10. The predicted molar refractivity (Wildman–Crippen MR) is 129 cm³/mol. The molecule has 33 heavy (non-hydrogen) atoms. The van der Waals surface area contributed by atoms with Crippen LogP contribution in [0.3, 0.4) is 0 Å². The van der Waals surface area contributed by atoms with Crippen molar-refractivity contribution in [1.29, 1.82) is 0 Å². The fraction of sp³-hybridized carbons (Fsp3) is 0.440. The van der Waals surface area contributed by atoms with Gasteiger partial charge in [-0.05, 0) is 63.3 Å². The number of carbonyl (C=O) groups is 1. The smallest absolute Gasteiger partial charge is 0.308 e. The van der Waals surface area contributed by atoms with E-state index in [-0.39, 0.29) is 12.0 Å². The van der Waals surface area contributed by atoms with Gasteiger partial charge in [0.05, 0.1) is 11.5 Å². The summed E-state index contributed by atoms with van der Waals surface area (Å²) in [6.07, 6.45) is 0.918. The van der Waals surface area contributed by atoms with Gasteiger partial charge in [-0.2, -0.15) is 0 Å². The molecule has 0 bridgehead atoms. The topological polar surface area (TPSA) is 68.6 Å². The Hall–Kier alpha value is -2.61. The summed E-state index contributed by atoms with van der Waals surface area (Å²) in [5.41, 5.74) is 1.58. The number of nitrogens with zero attached hydrogens (tertiary/aromatic N) is 4. The molecule has 7 nitrogen and oxygen atoms in total. The van der Waals surface area contributed by atoms with E-state index in [2.05, 4.69) is 21.7 Å². The first-order chi connectivity index (χ1) is 15.9.